The number of ketones is 1. The molecule has 4 rings (SSSR count). The second-order valence-electron chi connectivity index (χ2n) is 8.21. The maximum Gasteiger partial charge on any atom is 0.262 e. The van der Waals surface area contributed by atoms with Crippen LogP contribution in [0.15, 0.2) is 74.7 Å². The predicted molar refractivity (Wildman–Crippen MR) is 139 cm³/mol. The summed E-state index contributed by atoms with van der Waals surface area (Å²) in [5.41, 5.74) is 4.08. The highest BCUT2D eigenvalue weighted by Crippen LogP contribution is 2.26. The molecule has 0 radical (unpaired) electrons. The van der Waals surface area contributed by atoms with Crippen molar-refractivity contribution in [3.05, 3.63) is 87.2 Å². The first-order valence-corrected chi connectivity index (χ1v) is 14.4. The number of ether oxygens (including phenoxy) is 1. The number of benzene rings is 2. The number of hydroxylamine groups is 1. The van der Waals surface area contributed by atoms with E-state index in [0.717, 1.165) is 24.2 Å². The summed E-state index contributed by atoms with van der Waals surface area (Å²) in [6.45, 7) is 0.540. The normalized spacial score (nSPS) is 16.9. The Morgan fingerprint density at radius 2 is 1.75 bits per heavy atom. The smallest absolute Gasteiger partial charge is 0.262 e. The summed E-state index contributed by atoms with van der Waals surface area (Å²) in [5, 5.41) is 0. The molecule has 0 spiro atoms. The summed E-state index contributed by atoms with van der Waals surface area (Å²) in [4.78, 5) is 31.1. The lowest BCUT2D eigenvalue weighted by Crippen LogP contribution is -2.48. The molecule has 2 atom stereocenters. The van der Waals surface area contributed by atoms with E-state index < -0.39 is 28.3 Å². The van der Waals surface area contributed by atoms with Gasteiger partial charge in [-0.2, -0.15) is 4.72 Å². The van der Waals surface area contributed by atoms with Crippen LogP contribution in [0.1, 0.15) is 40.7 Å². The van der Waals surface area contributed by atoms with Gasteiger partial charge in [-0.3, -0.25) is 9.59 Å². The second-order valence-corrected chi connectivity index (χ2v) is 12.6. The molecule has 1 amide bonds. The van der Waals surface area contributed by atoms with Gasteiger partial charge in [-0.15, -0.1) is 11.3 Å². The Morgan fingerprint density at radius 3 is 2.39 bits per heavy atom. The lowest BCUT2D eigenvalue weighted by molar-refractivity contribution is -0.201. The zero-order valence-corrected chi connectivity index (χ0v) is 22.4. The summed E-state index contributed by atoms with van der Waals surface area (Å²) >= 11 is 4.30. The highest BCUT2D eigenvalue weighted by Gasteiger charge is 2.28. The molecule has 1 saturated heterocycles. The van der Waals surface area contributed by atoms with Gasteiger partial charge < -0.3 is 4.74 Å². The van der Waals surface area contributed by atoms with Crippen LogP contribution in [0.5, 0.6) is 0 Å². The molecule has 1 aliphatic heterocycles. The van der Waals surface area contributed by atoms with Crippen molar-refractivity contribution in [3.8, 4) is 0 Å². The number of hydrogen-bond acceptors (Lipinski definition) is 7. The van der Waals surface area contributed by atoms with Crippen LogP contribution >= 0.6 is 27.3 Å². The highest BCUT2D eigenvalue weighted by atomic mass is 79.9. The topological polar surface area (TPSA) is 111 Å². The minimum Gasteiger partial charge on any atom is -0.350 e. The molecule has 1 aromatic heterocycles. The Hall–Kier alpha value is -2.41. The molecule has 1 unspecified atom stereocenters. The first kappa shape index (κ1) is 26.6. The molecular weight excluding hydrogens is 568 g/mol. The Kier molecular flexibility index (Phi) is 9.04. The van der Waals surface area contributed by atoms with Gasteiger partial charge in [0.05, 0.1) is 3.79 Å². The Morgan fingerprint density at radius 1 is 1.03 bits per heavy atom. The molecule has 2 heterocycles. The number of hydrogen-bond donors (Lipinski definition) is 2. The van der Waals surface area contributed by atoms with Gasteiger partial charge in [-0.05, 0) is 52.9 Å². The van der Waals surface area contributed by atoms with Crippen molar-refractivity contribution in [2.75, 3.05) is 6.61 Å². The van der Waals surface area contributed by atoms with Crippen LogP contribution in [-0.2, 0) is 30.8 Å². The van der Waals surface area contributed by atoms with E-state index in [1.807, 2.05) is 6.07 Å². The standard InChI is InChI=1S/C25H25BrN2O6S2/c26-21-13-14-23(35-21)36(31,32)28-20(25(30)27-34-22-8-4-5-15-33-22)16-17-9-11-19(12-10-17)24(29)18-6-2-1-3-7-18/h1-3,6-7,9-14,20,22,28H,4-5,8,15-16H2,(H,27,30)/t20-,22?/m1/s1. The van der Waals surface area contributed by atoms with Gasteiger partial charge in [0, 0.05) is 24.2 Å². The van der Waals surface area contributed by atoms with E-state index in [0.29, 0.717) is 33.5 Å². The van der Waals surface area contributed by atoms with Gasteiger partial charge in [0.1, 0.15) is 10.3 Å². The van der Waals surface area contributed by atoms with Gasteiger partial charge in [0.2, 0.25) is 0 Å². The first-order chi connectivity index (χ1) is 17.3. The van der Waals surface area contributed by atoms with Gasteiger partial charge in [-0.25, -0.2) is 18.7 Å². The van der Waals surface area contributed by atoms with Crippen LogP contribution in [0.2, 0.25) is 0 Å². The fourth-order valence-corrected chi connectivity index (χ4v) is 6.88. The summed E-state index contributed by atoms with van der Waals surface area (Å²) < 4.78 is 34.6. The molecule has 3 aromatic rings. The molecule has 0 saturated carbocycles. The van der Waals surface area contributed by atoms with Crippen LogP contribution in [-0.4, -0.2) is 39.0 Å². The monoisotopic (exact) mass is 592 g/mol. The van der Waals surface area contributed by atoms with Crippen LogP contribution in [0.25, 0.3) is 0 Å². The summed E-state index contributed by atoms with van der Waals surface area (Å²) in [6, 6.07) is 17.6. The van der Waals surface area contributed by atoms with Gasteiger partial charge in [0.25, 0.3) is 15.9 Å². The van der Waals surface area contributed by atoms with Gasteiger partial charge >= 0.3 is 0 Å². The fourth-order valence-electron chi connectivity index (χ4n) is 3.66. The van der Waals surface area contributed by atoms with Gasteiger partial charge in [-0.1, -0.05) is 54.6 Å². The van der Waals surface area contributed by atoms with Crippen molar-refractivity contribution in [1.82, 2.24) is 10.2 Å². The van der Waals surface area contributed by atoms with E-state index in [4.69, 9.17) is 9.57 Å². The number of halogens is 1. The van der Waals surface area contributed by atoms with Crippen molar-refractivity contribution in [1.29, 1.82) is 0 Å². The molecule has 2 N–H and O–H groups in total. The second kappa shape index (κ2) is 12.2. The van der Waals surface area contributed by atoms with Crippen molar-refractivity contribution in [3.63, 3.8) is 0 Å². The Labute approximate surface area is 222 Å². The van der Waals surface area contributed by atoms with E-state index in [-0.39, 0.29) is 16.4 Å². The van der Waals surface area contributed by atoms with Crippen LogP contribution in [0, 0.1) is 0 Å². The van der Waals surface area contributed by atoms with Crippen molar-refractivity contribution < 1.29 is 27.6 Å². The predicted octanol–water partition coefficient (Wildman–Crippen LogP) is 4.21. The minimum absolute atomic E-state index is 0.0479. The molecule has 1 aliphatic rings. The summed E-state index contributed by atoms with van der Waals surface area (Å²) in [5.74, 6) is -0.769. The first-order valence-electron chi connectivity index (χ1n) is 11.4. The van der Waals surface area contributed by atoms with Crippen molar-refractivity contribution in [2.24, 2.45) is 0 Å². The Bertz CT molecular complexity index is 1290. The highest BCUT2D eigenvalue weighted by molar-refractivity contribution is 9.11. The zero-order valence-electron chi connectivity index (χ0n) is 19.2. The molecule has 36 heavy (non-hydrogen) atoms. The lowest BCUT2D eigenvalue weighted by Gasteiger charge is -2.24. The number of rotatable bonds is 10. The molecular formula is C25H25BrN2O6S2. The number of sulfonamides is 1. The molecule has 11 heteroatoms. The van der Waals surface area contributed by atoms with Crippen molar-refractivity contribution >= 4 is 49.0 Å². The van der Waals surface area contributed by atoms with Crippen LogP contribution in [0.3, 0.4) is 0 Å². The minimum atomic E-state index is -3.97. The molecule has 1 fully saturated rings. The largest absolute Gasteiger partial charge is 0.350 e. The van der Waals surface area contributed by atoms with Crippen LogP contribution in [0.4, 0.5) is 0 Å². The number of nitrogens with one attached hydrogen (secondary N) is 2. The molecule has 2 aromatic carbocycles. The van der Waals surface area contributed by atoms with Crippen molar-refractivity contribution in [2.45, 2.75) is 42.2 Å². The zero-order chi connectivity index (χ0) is 25.5. The average molecular weight is 594 g/mol. The number of amides is 1. The third-order valence-electron chi connectivity index (χ3n) is 5.55. The maximum atomic E-state index is 13.0. The number of carbonyl (C=O) groups excluding carboxylic acids is 2. The Balaban J connectivity index is 1.49. The molecule has 0 bridgehead atoms. The third-order valence-corrected chi connectivity index (χ3v) is 9.14. The maximum absolute atomic E-state index is 13.0. The van der Waals surface area contributed by atoms with E-state index in [2.05, 4.69) is 26.1 Å². The summed E-state index contributed by atoms with van der Waals surface area (Å²) in [6.07, 6.45) is 1.95. The molecule has 190 valence electrons. The molecule has 8 nitrogen and oxygen atoms in total. The van der Waals surface area contributed by atoms with E-state index >= 15 is 0 Å². The number of thiophene rings is 1. The van der Waals surface area contributed by atoms with E-state index in [1.54, 1.807) is 54.6 Å². The van der Waals surface area contributed by atoms with Crippen LogP contribution < -0.4 is 10.2 Å². The summed E-state index contributed by atoms with van der Waals surface area (Å²) in [7, 11) is -3.97. The third kappa shape index (κ3) is 7.09. The average Bonchev–Trinajstić information content (AvgIpc) is 3.35. The SMILES string of the molecule is O=C(c1ccccc1)c1ccc(C[C@@H](NS(=O)(=O)c2ccc(Br)s2)C(=O)NOC2CCCCO2)cc1. The number of carbonyl (C=O) groups is 2. The van der Waals surface area contributed by atoms with Gasteiger partial charge in [0.15, 0.2) is 12.1 Å². The molecule has 0 aliphatic carbocycles. The lowest BCUT2D eigenvalue weighted by atomic mass is 10.00. The van der Waals surface area contributed by atoms with E-state index in [9.17, 15) is 18.0 Å². The quantitative estimate of drug-likeness (QED) is 0.269. The van der Waals surface area contributed by atoms with E-state index in [1.165, 1.54) is 6.07 Å². The fraction of sp³-hybridized carbons (Fsp3) is 0.280.